The highest BCUT2D eigenvalue weighted by Crippen LogP contribution is 2.31. The van der Waals surface area contributed by atoms with Gasteiger partial charge in [-0.25, -0.2) is 14.8 Å². The molecule has 120 valence electrons. The lowest BCUT2D eigenvalue weighted by Crippen LogP contribution is -2.35. The fourth-order valence-electron chi connectivity index (χ4n) is 2.82. The summed E-state index contributed by atoms with van der Waals surface area (Å²) in [5, 5.41) is 8.86. The molecule has 2 aromatic rings. The molecule has 1 atom stereocenters. The Morgan fingerprint density at radius 2 is 1.96 bits per heavy atom. The number of aromatic nitrogens is 2. The van der Waals surface area contributed by atoms with E-state index in [0.29, 0.717) is 6.54 Å². The molecule has 3 rings (SSSR count). The van der Waals surface area contributed by atoms with Crippen LogP contribution in [0, 0.1) is 0 Å². The molecule has 1 aliphatic heterocycles. The second-order valence-corrected chi connectivity index (χ2v) is 5.47. The zero-order valence-corrected chi connectivity index (χ0v) is 12.5. The smallest absolute Gasteiger partial charge is 0.356 e. The first kappa shape index (κ1) is 15.2. The third-order valence-corrected chi connectivity index (χ3v) is 3.98. The maximum absolute atomic E-state index is 12.8. The predicted octanol–water partition coefficient (Wildman–Crippen LogP) is 2.53. The zero-order chi connectivity index (χ0) is 16.2. The largest absolute Gasteiger partial charge is 0.476 e. The minimum absolute atomic E-state index is 0.124. The third-order valence-electron chi connectivity index (χ3n) is 3.98. The van der Waals surface area contributed by atoms with E-state index in [-0.39, 0.29) is 23.3 Å². The molecule has 7 nitrogen and oxygen atoms in total. The molecule has 1 N–H and O–H groups in total. The maximum Gasteiger partial charge on any atom is 0.356 e. The van der Waals surface area contributed by atoms with Gasteiger partial charge in [0.2, 0.25) is 0 Å². The monoisotopic (exact) mass is 315 g/mol. The van der Waals surface area contributed by atoms with E-state index in [1.54, 1.807) is 11.2 Å². The number of carboxylic acids is 1. The number of aromatic carboxylic acids is 1. The van der Waals surface area contributed by atoms with Crippen molar-refractivity contribution >= 4 is 11.9 Å². The molecule has 1 amide bonds. The standard InChI is InChI=1S/C16H17N3O4/c20-15(11-9-18-12(10-17-11)16(21)22)19-7-3-1-2-5-13(19)14-6-4-8-23-14/h4,6,8-10,13H,1-3,5,7H2,(H,21,22). The maximum atomic E-state index is 12.8. The van der Waals surface area contributed by atoms with Crippen LogP contribution in [0.5, 0.6) is 0 Å². The van der Waals surface area contributed by atoms with Gasteiger partial charge in [-0.05, 0) is 25.0 Å². The Kier molecular flexibility index (Phi) is 4.36. The minimum atomic E-state index is -1.17. The highest BCUT2D eigenvalue weighted by atomic mass is 16.4. The van der Waals surface area contributed by atoms with Crippen molar-refractivity contribution < 1.29 is 19.1 Å². The van der Waals surface area contributed by atoms with Crippen LogP contribution in [0.15, 0.2) is 35.2 Å². The van der Waals surface area contributed by atoms with Crippen molar-refractivity contribution in [2.24, 2.45) is 0 Å². The van der Waals surface area contributed by atoms with Crippen molar-refractivity contribution in [2.75, 3.05) is 6.54 Å². The van der Waals surface area contributed by atoms with Gasteiger partial charge < -0.3 is 14.4 Å². The van der Waals surface area contributed by atoms with E-state index in [2.05, 4.69) is 9.97 Å². The van der Waals surface area contributed by atoms with Crippen LogP contribution in [-0.4, -0.2) is 38.4 Å². The van der Waals surface area contributed by atoms with Gasteiger partial charge >= 0.3 is 5.97 Å². The molecule has 0 aromatic carbocycles. The Labute approximate surface area is 133 Å². The topological polar surface area (TPSA) is 96.5 Å². The molecule has 2 aromatic heterocycles. The molecule has 0 aliphatic carbocycles. The summed E-state index contributed by atoms with van der Waals surface area (Å²) in [5.41, 5.74) is -0.0338. The van der Waals surface area contributed by atoms with Crippen molar-refractivity contribution in [1.82, 2.24) is 14.9 Å². The van der Waals surface area contributed by atoms with Crippen LogP contribution in [0.3, 0.4) is 0 Å². The average molecular weight is 315 g/mol. The lowest BCUT2D eigenvalue weighted by Gasteiger charge is -2.28. The van der Waals surface area contributed by atoms with Crippen LogP contribution >= 0.6 is 0 Å². The number of rotatable bonds is 3. The fraction of sp³-hybridized carbons (Fsp3) is 0.375. The zero-order valence-electron chi connectivity index (χ0n) is 12.5. The van der Waals surface area contributed by atoms with Crippen molar-refractivity contribution in [2.45, 2.75) is 31.7 Å². The first-order valence-corrected chi connectivity index (χ1v) is 7.56. The fourth-order valence-corrected chi connectivity index (χ4v) is 2.82. The molecule has 23 heavy (non-hydrogen) atoms. The lowest BCUT2D eigenvalue weighted by molar-refractivity contribution is 0.0645. The van der Waals surface area contributed by atoms with Gasteiger partial charge in [0, 0.05) is 6.54 Å². The number of amides is 1. The molecule has 1 saturated heterocycles. The van der Waals surface area contributed by atoms with E-state index in [4.69, 9.17) is 9.52 Å². The van der Waals surface area contributed by atoms with Gasteiger partial charge in [-0.1, -0.05) is 12.8 Å². The van der Waals surface area contributed by atoms with Crippen LogP contribution in [0.4, 0.5) is 0 Å². The molecule has 3 heterocycles. The molecule has 0 spiro atoms. The predicted molar refractivity (Wildman–Crippen MR) is 79.9 cm³/mol. The summed E-state index contributed by atoms with van der Waals surface area (Å²) in [7, 11) is 0. The van der Waals surface area contributed by atoms with E-state index in [1.807, 2.05) is 12.1 Å². The Morgan fingerprint density at radius 1 is 1.17 bits per heavy atom. The van der Waals surface area contributed by atoms with E-state index in [0.717, 1.165) is 37.6 Å². The van der Waals surface area contributed by atoms with Gasteiger partial charge in [0.15, 0.2) is 5.69 Å². The molecular weight excluding hydrogens is 298 g/mol. The normalized spacial score (nSPS) is 18.4. The summed E-state index contributed by atoms with van der Waals surface area (Å²) >= 11 is 0. The highest BCUT2D eigenvalue weighted by molar-refractivity contribution is 5.93. The number of hydrogen-bond acceptors (Lipinski definition) is 5. The Hall–Kier alpha value is -2.70. The Balaban J connectivity index is 1.86. The summed E-state index contributed by atoms with van der Waals surface area (Å²) in [6.45, 7) is 0.618. The summed E-state index contributed by atoms with van der Waals surface area (Å²) in [6.07, 6.45) is 7.77. The molecule has 7 heteroatoms. The first-order valence-electron chi connectivity index (χ1n) is 7.56. The molecular formula is C16H17N3O4. The van der Waals surface area contributed by atoms with Gasteiger partial charge in [-0.3, -0.25) is 4.79 Å². The molecule has 0 saturated carbocycles. The minimum Gasteiger partial charge on any atom is -0.476 e. The van der Waals surface area contributed by atoms with Crippen molar-refractivity contribution in [3.8, 4) is 0 Å². The third kappa shape index (κ3) is 3.23. The second kappa shape index (κ2) is 6.60. The van der Waals surface area contributed by atoms with Crippen LogP contribution in [0.2, 0.25) is 0 Å². The van der Waals surface area contributed by atoms with Crippen molar-refractivity contribution in [3.05, 3.63) is 47.9 Å². The van der Waals surface area contributed by atoms with E-state index >= 15 is 0 Å². The molecule has 1 unspecified atom stereocenters. The summed E-state index contributed by atoms with van der Waals surface area (Å²) in [5.74, 6) is -0.659. The van der Waals surface area contributed by atoms with Crippen LogP contribution in [0.25, 0.3) is 0 Å². The lowest BCUT2D eigenvalue weighted by atomic mass is 10.1. The summed E-state index contributed by atoms with van der Waals surface area (Å²) < 4.78 is 5.49. The Bertz CT molecular complexity index is 682. The van der Waals surface area contributed by atoms with Gasteiger partial charge in [0.1, 0.15) is 11.5 Å². The SMILES string of the molecule is O=C(O)c1cnc(C(=O)N2CCCCCC2c2ccco2)cn1. The van der Waals surface area contributed by atoms with E-state index in [1.165, 1.54) is 6.20 Å². The first-order chi connectivity index (χ1) is 11.2. The molecule has 0 radical (unpaired) electrons. The van der Waals surface area contributed by atoms with Gasteiger partial charge in [-0.2, -0.15) is 0 Å². The van der Waals surface area contributed by atoms with Gasteiger partial charge in [0.25, 0.3) is 5.91 Å². The number of carboxylic acid groups (broad SMARTS) is 1. The van der Waals surface area contributed by atoms with Crippen LogP contribution < -0.4 is 0 Å². The van der Waals surface area contributed by atoms with Gasteiger partial charge in [-0.15, -0.1) is 0 Å². The van der Waals surface area contributed by atoms with Crippen LogP contribution in [0.1, 0.15) is 58.5 Å². The number of nitrogens with zero attached hydrogens (tertiary/aromatic N) is 3. The summed E-state index contributed by atoms with van der Waals surface area (Å²) in [4.78, 5) is 33.1. The number of carbonyl (C=O) groups excluding carboxylic acids is 1. The molecule has 1 fully saturated rings. The second-order valence-electron chi connectivity index (χ2n) is 5.47. The number of carbonyl (C=O) groups is 2. The highest BCUT2D eigenvalue weighted by Gasteiger charge is 2.30. The van der Waals surface area contributed by atoms with Crippen LogP contribution in [-0.2, 0) is 0 Å². The van der Waals surface area contributed by atoms with Gasteiger partial charge in [0.05, 0.1) is 24.7 Å². The van der Waals surface area contributed by atoms with Crippen molar-refractivity contribution in [3.63, 3.8) is 0 Å². The Morgan fingerprint density at radius 3 is 2.61 bits per heavy atom. The molecule has 0 bridgehead atoms. The van der Waals surface area contributed by atoms with Crippen molar-refractivity contribution in [1.29, 1.82) is 0 Å². The quantitative estimate of drug-likeness (QED) is 0.935. The molecule has 1 aliphatic rings. The number of likely N-dealkylation sites (tertiary alicyclic amines) is 1. The average Bonchev–Trinajstić information content (AvgIpc) is 2.99. The number of furan rings is 1. The van der Waals surface area contributed by atoms with E-state index in [9.17, 15) is 9.59 Å². The number of hydrogen-bond donors (Lipinski definition) is 1. The summed E-state index contributed by atoms with van der Waals surface area (Å²) in [6, 6.07) is 3.56. The van der Waals surface area contributed by atoms with E-state index < -0.39 is 5.97 Å².